The lowest BCUT2D eigenvalue weighted by Crippen LogP contribution is -2.40. The van der Waals surface area contributed by atoms with E-state index in [0.717, 1.165) is 6.42 Å². The van der Waals surface area contributed by atoms with Gasteiger partial charge in [-0.15, -0.1) is 0 Å². The van der Waals surface area contributed by atoms with E-state index in [1.807, 2.05) is 13.8 Å². The maximum absolute atomic E-state index is 11.8. The molecule has 0 saturated carbocycles. The molecule has 0 saturated heterocycles. The lowest BCUT2D eigenvalue weighted by Gasteiger charge is -2.17. The lowest BCUT2D eigenvalue weighted by atomic mass is 9.99. The Morgan fingerprint density at radius 3 is 2.94 bits per heavy atom. The first-order valence-electron chi connectivity index (χ1n) is 5.23. The summed E-state index contributed by atoms with van der Waals surface area (Å²) in [5, 5.41) is 2.75. The second kappa shape index (κ2) is 5.96. The van der Waals surface area contributed by atoms with Crippen LogP contribution >= 0.6 is 15.9 Å². The number of hydrogen-bond donors (Lipinski definition) is 2. The third-order valence-electron chi connectivity index (χ3n) is 2.58. The van der Waals surface area contributed by atoms with Crippen LogP contribution in [0.2, 0.25) is 0 Å². The third-order valence-corrected chi connectivity index (χ3v) is 3.21. The Morgan fingerprint density at radius 1 is 1.69 bits per heavy atom. The first-order valence-corrected chi connectivity index (χ1v) is 6.02. The summed E-state index contributed by atoms with van der Waals surface area (Å²) in [5.74, 6) is -0.0153. The average Bonchev–Trinajstić information content (AvgIpc) is 2.30. The third kappa shape index (κ3) is 3.28. The number of nitrogens with two attached hydrogens (primary N) is 1. The molecule has 16 heavy (non-hydrogen) atoms. The summed E-state index contributed by atoms with van der Waals surface area (Å²) in [6.07, 6.45) is 2.52. The fourth-order valence-corrected chi connectivity index (χ4v) is 1.56. The molecule has 0 aliphatic carbocycles. The number of halogens is 1. The molecule has 1 aromatic heterocycles. The number of carbonyl (C=O) groups excluding carboxylic acids is 1. The summed E-state index contributed by atoms with van der Waals surface area (Å²) in [6.45, 7) is 3.97. The predicted octanol–water partition coefficient (Wildman–Crippen LogP) is 2.16. The predicted molar refractivity (Wildman–Crippen MR) is 68.0 cm³/mol. The van der Waals surface area contributed by atoms with Gasteiger partial charge in [-0.3, -0.25) is 4.79 Å². The number of aromatic nitrogens is 1. The Morgan fingerprint density at radius 2 is 2.38 bits per heavy atom. The molecule has 1 heterocycles. The van der Waals surface area contributed by atoms with Crippen LogP contribution in [-0.4, -0.2) is 16.9 Å². The highest BCUT2D eigenvalue weighted by Gasteiger charge is 2.19. The Kier molecular flexibility index (Phi) is 4.89. The van der Waals surface area contributed by atoms with Crippen molar-refractivity contribution in [2.75, 3.05) is 5.32 Å². The van der Waals surface area contributed by atoms with Gasteiger partial charge in [-0.05, 0) is 34.0 Å². The van der Waals surface area contributed by atoms with E-state index in [1.54, 1.807) is 18.3 Å². The summed E-state index contributed by atoms with van der Waals surface area (Å²) in [5.41, 5.74) is 6.47. The Balaban J connectivity index is 2.68. The van der Waals surface area contributed by atoms with Gasteiger partial charge in [0.05, 0.1) is 11.7 Å². The fraction of sp³-hybridized carbons (Fsp3) is 0.455. The number of carbonyl (C=O) groups is 1. The monoisotopic (exact) mass is 285 g/mol. The van der Waals surface area contributed by atoms with E-state index in [2.05, 4.69) is 26.2 Å². The van der Waals surface area contributed by atoms with Gasteiger partial charge >= 0.3 is 0 Å². The maximum Gasteiger partial charge on any atom is 0.241 e. The van der Waals surface area contributed by atoms with E-state index in [0.29, 0.717) is 10.3 Å². The van der Waals surface area contributed by atoms with Crippen molar-refractivity contribution in [3.63, 3.8) is 0 Å². The highest BCUT2D eigenvalue weighted by molar-refractivity contribution is 9.10. The quantitative estimate of drug-likeness (QED) is 0.833. The van der Waals surface area contributed by atoms with Crippen LogP contribution in [0.3, 0.4) is 0 Å². The molecule has 0 bridgehead atoms. The number of nitrogens with zero attached hydrogens (tertiary/aromatic N) is 1. The minimum absolute atomic E-state index is 0.162. The molecule has 1 amide bonds. The van der Waals surface area contributed by atoms with Crippen LogP contribution in [0.25, 0.3) is 0 Å². The van der Waals surface area contributed by atoms with Crippen molar-refractivity contribution < 1.29 is 4.79 Å². The van der Waals surface area contributed by atoms with Gasteiger partial charge < -0.3 is 11.1 Å². The van der Waals surface area contributed by atoms with Gasteiger partial charge in [0.2, 0.25) is 5.91 Å². The van der Waals surface area contributed by atoms with Gasteiger partial charge in [0.1, 0.15) is 4.60 Å². The molecule has 1 rings (SSSR count). The maximum atomic E-state index is 11.8. The number of pyridine rings is 1. The van der Waals surface area contributed by atoms with Gasteiger partial charge in [-0.1, -0.05) is 20.3 Å². The van der Waals surface area contributed by atoms with Gasteiger partial charge in [-0.25, -0.2) is 4.98 Å². The standard InChI is InChI=1S/C11H16BrN3O/c1-3-7(2)9(13)11(16)15-8-5-4-6-14-10(8)12/h4-7,9H,3,13H2,1-2H3,(H,15,16)/t7?,9-/m0/s1. The summed E-state index contributed by atoms with van der Waals surface area (Å²) in [4.78, 5) is 15.8. The average molecular weight is 286 g/mol. The summed E-state index contributed by atoms with van der Waals surface area (Å²) >= 11 is 3.26. The van der Waals surface area contributed by atoms with Crippen LogP contribution < -0.4 is 11.1 Å². The number of rotatable bonds is 4. The first kappa shape index (κ1) is 13.1. The van der Waals surface area contributed by atoms with Crippen molar-refractivity contribution in [1.82, 2.24) is 4.98 Å². The first-order chi connectivity index (χ1) is 7.56. The zero-order chi connectivity index (χ0) is 12.1. The van der Waals surface area contributed by atoms with Crippen LogP contribution in [0, 0.1) is 5.92 Å². The molecule has 88 valence electrons. The molecule has 4 nitrogen and oxygen atoms in total. The largest absolute Gasteiger partial charge is 0.322 e. The van der Waals surface area contributed by atoms with Crippen LogP contribution in [0.15, 0.2) is 22.9 Å². The van der Waals surface area contributed by atoms with Gasteiger partial charge in [-0.2, -0.15) is 0 Å². The smallest absolute Gasteiger partial charge is 0.241 e. The van der Waals surface area contributed by atoms with Crippen LogP contribution in [0.5, 0.6) is 0 Å². The summed E-state index contributed by atoms with van der Waals surface area (Å²) in [7, 11) is 0. The van der Waals surface area contributed by atoms with Gasteiger partial charge in [0.15, 0.2) is 0 Å². The summed E-state index contributed by atoms with van der Waals surface area (Å²) < 4.78 is 0.611. The van der Waals surface area contributed by atoms with E-state index in [9.17, 15) is 4.79 Å². The molecule has 0 aliphatic rings. The molecular weight excluding hydrogens is 270 g/mol. The van der Waals surface area contributed by atoms with E-state index in [-0.39, 0.29) is 11.8 Å². The second-order valence-corrected chi connectivity index (χ2v) is 4.49. The molecule has 0 aromatic carbocycles. The SMILES string of the molecule is CCC(C)[C@H](N)C(=O)Nc1cccnc1Br. The van der Waals surface area contributed by atoms with Crippen molar-refractivity contribution in [3.8, 4) is 0 Å². The molecule has 0 radical (unpaired) electrons. The molecule has 1 unspecified atom stereocenters. The van der Waals surface area contributed by atoms with Crippen molar-refractivity contribution in [2.24, 2.45) is 11.7 Å². The molecule has 2 atom stereocenters. The van der Waals surface area contributed by atoms with E-state index < -0.39 is 6.04 Å². The number of amides is 1. The number of nitrogens with one attached hydrogen (secondary N) is 1. The lowest BCUT2D eigenvalue weighted by molar-refractivity contribution is -0.118. The molecule has 3 N–H and O–H groups in total. The van der Waals surface area contributed by atoms with E-state index >= 15 is 0 Å². The Hall–Kier alpha value is -0.940. The Labute approximate surface area is 104 Å². The second-order valence-electron chi connectivity index (χ2n) is 3.74. The minimum Gasteiger partial charge on any atom is -0.322 e. The van der Waals surface area contributed by atoms with Crippen molar-refractivity contribution in [2.45, 2.75) is 26.3 Å². The Bertz CT molecular complexity index is 370. The summed E-state index contributed by atoms with van der Waals surface area (Å²) in [6, 6.07) is 3.05. The molecule has 0 fully saturated rings. The molecular formula is C11H16BrN3O. The number of hydrogen-bond acceptors (Lipinski definition) is 3. The van der Waals surface area contributed by atoms with Crippen molar-refractivity contribution in [1.29, 1.82) is 0 Å². The molecule has 0 aliphatic heterocycles. The van der Waals surface area contributed by atoms with Gasteiger partial charge in [0, 0.05) is 6.20 Å². The molecule has 0 spiro atoms. The minimum atomic E-state index is -0.489. The van der Waals surface area contributed by atoms with Gasteiger partial charge in [0.25, 0.3) is 0 Å². The van der Waals surface area contributed by atoms with E-state index in [1.165, 1.54) is 0 Å². The fourth-order valence-electron chi connectivity index (χ4n) is 1.21. The van der Waals surface area contributed by atoms with Crippen LogP contribution in [0.4, 0.5) is 5.69 Å². The van der Waals surface area contributed by atoms with Crippen LogP contribution in [-0.2, 0) is 4.79 Å². The normalized spacial score (nSPS) is 14.2. The van der Waals surface area contributed by atoms with E-state index in [4.69, 9.17) is 5.73 Å². The highest BCUT2D eigenvalue weighted by Crippen LogP contribution is 2.19. The number of anilines is 1. The topological polar surface area (TPSA) is 68.0 Å². The molecule has 1 aromatic rings. The van der Waals surface area contributed by atoms with Crippen molar-refractivity contribution in [3.05, 3.63) is 22.9 Å². The zero-order valence-corrected chi connectivity index (χ0v) is 11.0. The van der Waals surface area contributed by atoms with Crippen molar-refractivity contribution >= 4 is 27.5 Å². The molecule has 5 heteroatoms. The van der Waals surface area contributed by atoms with Crippen LogP contribution in [0.1, 0.15) is 20.3 Å². The zero-order valence-electron chi connectivity index (χ0n) is 9.40. The highest BCUT2D eigenvalue weighted by atomic mass is 79.9.